The fourth-order valence-corrected chi connectivity index (χ4v) is 3.51. The molecule has 2 heterocycles. The van der Waals surface area contributed by atoms with Crippen molar-refractivity contribution in [2.24, 2.45) is 0 Å². The van der Waals surface area contributed by atoms with E-state index in [2.05, 4.69) is 27.7 Å². The van der Waals surface area contributed by atoms with Crippen LogP contribution in [0, 0.1) is 0 Å². The zero-order chi connectivity index (χ0) is 13.5. The average molecular weight is 280 g/mol. The predicted octanol–water partition coefficient (Wildman–Crippen LogP) is 3.19. The van der Waals surface area contributed by atoms with E-state index in [1.807, 2.05) is 6.92 Å². The Morgan fingerprint density at radius 1 is 1.42 bits per heavy atom. The highest BCUT2D eigenvalue weighted by atomic mass is 32.1. The molecule has 106 valence electrons. The van der Waals surface area contributed by atoms with Crippen molar-refractivity contribution in [3.63, 3.8) is 0 Å². The number of nitrogens with one attached hydrogen (secondary N) is 1. The highest BCUT2D eigenvalue weighted by Crippen LogP contribution is 2.27. The van der Waals surface area contributed by atoms with Gasteiger partial charge >= 0.3 is 0 Å². The summed E-state index contributed by atoms with van der Waals surface area (Å²) in [5.74, 6) is 0.182. The summed E-state index contributed by atoms with van der Waals surface area (Å²) in [6.07, 6.45) is 5.46. The average Bonchev–Trinajstić information content (AvgIpc) is 2.94. The summed E-state index contributed by atoms with van der Waals surface area (Å²) >= 11 is 1.80. The Morgan fingerprint density at radius 2 is 2.21 bits per heavy atom. The molecular formula is C15H24N2OS. The van der Waals surface area contributed by atoms with Crippen LogP contribution in [0.25, 0.3) is 0 Å². The molecular weight excluding hydrogens is 256 g/mol. The lowest BCUT2D eigenvalue weighted by atomic mass is 10.1. The van der Waals surface area contributed by atoms with Crippen molar-refractivity contribution in [1.82, 2.24) is 10.2 Å². The van der Waals surface area contributed by atoms with Crippen LogP contribution in [-0.4, -0.2) is 30.4 Å². The van der Waals surface area contributed by atoms with E-state index < -0.39 is 0 Å². The monoisotopic (exact) mass is 280 g/mol. The summed E-state index contributed by atoms with van der Waals surface area (Å²) in [7, 11) is 0. The Balaban J connectivity index is 1.96. The summed E-state index contributed by atoms with van der Waals surface area (Å²) in [5, 5.41) is 5.22. The number of hydrogen-bond donors (Lipinski definition) is 1. The first-order valence-electron chi connectivity index (χ1n) is 7.35. The van der Waals surface area contributed by atoms with E-state index in [9.17, 15) is 4.79 Å². The van der Waals surface area contributed by atoms with Crippen molar-refractivity contribution in [1.29, 1.82) is 0 Å². The van der Waals surface area contributed by atoms with Gasteiger partial charge in [-0.2, -0.15) is 0 Å². The molecule has 0 saturated carbocycles. The number of carbonyl (C=O) groups is 1. The first-order chi connectivity index (χ1) is 9.31. The number of rotatable bonds is 6. The van der Waals surface area contributed by atoms with Gasteiger partial charge in [-0.05, 0) is 43.8 Å². The largest absolute Gasteiger partial charge is 0.354 e. The second-order valence-corrected chi connectivity index (χ2v) is 6.16. The number of carbonyl (C=O) groups excluding carboxylic acids is 1. The van der Waals surface area contributed by atoms with Gasteiger partial charge in [-0.1, -0.05) is 19.4 Å². The molecule has 1 aromatic heterocycles. The molecule has 0 radical (unpaired) electrons. The van der Waals surface area contributed by atoms with Gasteiger partial charge in [-0.25, -0.2) is 0 Å². The molecule has 1 N–H and O–H groups in total. The molecule has 0 bridgehead atoms. The first-order valence-corrected chi connectivity index (χ1v) is 8.23. The maximum atomic E-state index is 11.7. The molecule has 19 heavy (non-hydrogen) atoms. The van der Waals surface area contributed by atoms with Crippen LogP contribution in [0.2, 0.25) is 0 Å². The predicted molar refractivity (Wildman–Crippen MR) is 80.4 cm³/mol. The van der Waals surface area contributed by atoms with Gasteiger partial charge in [0.25, 0.3) is 0 Å². The molecule has 1 amide bonds. The van der Waals surface area contributed by atoms with Crippen LogP contribution in [0.15, 0.2) is 17.5 Å². The molecule has 1 aliphatic rings. The molecule has 2 rings (SSSR count). The molecule has 3 nitrogen and oxygen atoms in total. The molecule has 1 aromatic rings. The molecule has 0 aliphatic carbocycles. The van der Waals surface area contributed by atoms with Gasteiger partial charge in [0.05, 0.1) is 6.04 Å². The smallest absolute Gasteiger partial charge is 0.220 e. The van der Waals surface area contributed by atoms with Gasteiger partial charge in [-0.15, -0.1) is 11.3 Å². The highest BCUT2D eigenvalue weighted by molar-refractivity contribution is 7.10. The molecule has 1 fully saturated rings. The quantitative estimate of drug-likeness (QED) is 0.868. The normalized spacial score (nSPS) is 18.2. The minimum Gasteiger partial charge on any atom is -0.354 e. The van der Waals surface area contributed by atoms with Crippen LogP contribution in [-0.2, 0) is 4.79 Å². The van der Waals surface area contributed by atoms with Crippen molar-refractivity contribution >= 4 is 17.2 Å². The lowest BCUT2D eigenvalue weighted by Crippen LogP contribution is -2.40. The van der Waals surface area contributed by atoms with Gasteiger partial charge in [0.1, 0.15) is 0 Å². The lowest BCUT2D eigenvalue weighted by Gasteiger charge is -2.34. The fourth-order valence-electron chi connectivity index (χ4n) is 2.65. The molecule has 1 aliphatic heterocycles. The zero-order valence-electron chi connectivity index (χ0n) is 11.7. The number of likely N-dealkylation sites (tertiary alicyclic amines) is 1. The van der Waals surface area contributed by atoms with Gasteiger partial charge in [0, 0.05) is 17.8 Å². The van der Waals surface area contributed by atoms with Crippen molar-refractivity contribution in [3.05, 3.63) is 22.4 Å². The minimum atomic E-state index is 0.182. The van der Waals surface area contributed by atoms with Crippen LogP contribution in [0.4, 0.5) is 0 Å². The maximum Gasteiger partial charge on any atom is 0.220 e. The fraction of sp³-hybridized carbons (Fsp3) is 0.667. The van der Waals surface area contributed by atoms with Crippen molar-refractivity contribution in [2.45, 2.75) is 45.1 Å². The summed E-state index contributed by atoms with van der Waals surface area (Å²) in [4.78, 5) is 15.6. The third-order valence-corrected chi connectivity index (χ3v) is 4.65. The molecule has 0 unspecified atom stereocenters. The lowest BCUT2D eigenvalue weighted by molar-refractivity contribution is -0.121. The molecule has 0 spiro atoms. The third kappa shape index (κ3) is 4.32. The van der Waals surface area contributed by atoms with Crippen LogP contribution in [0.5, 0.6) is 0 Å². The van der Waals surface area contributed by atoms with E-state index in [4.69, 9.17) is 0 Å². The van der Waals surface area contributed by atoms with Gasteiger partial charge in [-0.3, -0.25) is 9.69 Å². The Morgan fingerprint density at radius 3 is 2.84 bits per heavy atom. The van der Waals surface area contributed by atoms with E-state index in [0.29, 0.717) is 12.5 Å². The third-order valence-electron chi connectivity index (χ3n) is 3.67. The van der Waals surface area contributed by atoms with Crippen molar-refractivity contribution < 1.29 is 4.79 Å². The first kappa shape index (κ1) is 14.5. The summed E-state index contributed by atoms with van der Waals surface area (Å²) in [6, 6.07) is 4.65. The summed E-state index contributed by atoms with van der Waals surface area (Å²) < 4.78 is 0. The second kappa shape index (κ2) is 7.65. The Labute approximate surface area is 120 Å². The number of thiophene rings is 1. The second-order valence-electron chi connectivity index (χ2n) is 5.18. The van der Waals surface area contributed by atoms with E-state index in [1.165, 1.54) is 24.1 Å². The SMILES string of the molecule is CCCC(=O)NC[C@H](c1cccs1)N1CCCCC1. The van der Waals surface area contributed by atoms with Crippen LogP contribution >= 0.6 is 11.3 Å². The molecule has 1 saturated heterocycles. The van der Waals surface area contributed by atoms with E-state index in [-0.39, 0.29) is 5.91 Å². The Hall–Kier alpha value is -0.870. The summed E-state index contributed by atoms with van der Waals surface area (Å²) in [6.45, 7) is 5.11. The van der Waals surface area contributed by atoms with E-state index in [0.717, 1.165) is 26.1 Å². The van der Waals surface area contributed by atoms with E-state index in [1.54, 1.807) is 11.3 Å². The Kier molecular flexibility index (Phi) is 5.86. The van der Waals surface area contributed by atoms with Crippen molar-refractivity contribution in [2.75, 3.05) is 19.6 Å². The molecule has 4 heteroatoms. The molecule has 1 atom stereocenters. The molecule has 0 aromatic carbocycles. The van der Waals surface area contributed by atoms with E-state index >= 15 is 0 Å². The Bertz CT molecular complexity index is 372. The number of hydrogen-bond acceptors (Lipinski definition) is 3. The van der Waals surface area contributed by atoms with Crippen LogP contribution in [0.3, 0.4) is 0 Å². The minimum absolute atomic E-state index is 0.182. The maximum absolute atomic E-state index is 11.7. The van der Waals surface area contributed by atoms with Crippen LogP contribution in [0.1, 0.15) is 49.9 Å². The number of piperidine rings is 1. The standard InChI is InChI=1S/C15H24N2OS/c1-2-7-15(18)16-12-13(14-8-6-11-19-14)17-9-4-3-5-10-17/h6,8,11,13H,2-5,7,9-10,12H2,1H3,(H,16,18)/t13-/m1/s1. The van der Waals surface area contributed by atoms with Crippen molar-refractivity contribution in [3.8, 4) is 0 Å². The number of amides is 1. The number of nitrogens with zero attached hydrogens (tertiary/aromatic N) is 1. The van der Waals surface area contributed by atoms with Gasteiger partial charge < -0.3 is 5.32 Å². The van der Waals surface area contributed by atoms with Gasteiger partial charge in [0.15, 0.2) is 0 Å². The zero-order valence-corrected chi connectivity index (χ0v) is 12.5. The summed E-state index contributed by atoms with van der Waals surface area (Å²) in [5.41, 5.74) is 0. The van der Waals surface area contributed by atoms with Crippen LogP contribution < -0.4 is 5.32 Å². The topological polar surface area (TPSA) is 32.3 Å². The van der Waals surface area contributed by atoms with Gasteiger partial charge in [0.2, 0.25) is 5.91 Å². The highest BCUT2D eigenvalue weighted by Gasteiger charge is 2.23.